The predicted molar refractivity (Wildman–Crippen MR) is 79.2 cm³/mol. The van der Waals surface area contributed by atoms with Crippen LogP contribution in [0.25, 0.3) is 0 Å². The summed E-state index contributed by atoms with van der Waals surface area (Å²) in [5.74, 6) is 0.162. The summed E-state index contributed by atoms with van der Waals surface area (Å²) in [6, 6.07) is 2.05. The highest BCUT2D eigenvalue weighted by Gasteiger charge is 2.30. The third-order valence-corrected chi connectivity index (χ3v) is 5.04. The molecule has 1 aliphatic rings. The minimum atomic E-state index is 0.00403. The van der Waals surface area contributed by atoms with Crippen LogP contribution in [0, 0.1) is 19.8 Å². The van der Waals surface area contributed by atoms with E-state index in [2.05, 4.69) is 5.32 Å². The van der Waals surface area contributed by atoms with Crippen molar-refractivity contribution in [2.45, 2.75) is 39.2 Å². The molecule has 1 aromatic heterocycles. The standard InChI is InChI=1S/C13H18N2OS2/c1-7-6-11(18-8(7)2)13(16)15-10-5-3-4-9(10)12(14)17/h6,9-10H,3-5H2,1-2H3,(H2,14,17)(H,15,16). The minimum Gasteiger partial charge on any atom is -0.393 e. The van der Waals surface area contributed by atoms with Gasteiger partial charge >= 0.3 is 0 Å². The van der Waals surface area contributed by atoms with E-state index in [0.29, 0.717) is 4.99 Å². The lowest BCUT2D eigenvalue weighted by Crippen LogP contribution is -2.41. The number of thiophene rings is 1. The Balaban J connectivity index is 2.05. The summed E-state index contributed by atoms with van der Waals surface area (Å²) in [6.45, 7) is 4.06. The van der Waals surface area contributed by atoms with Crippen LogP contribution in [0.4, 0.5) is 0 Å². The molecular weight excluding hydrogens is 264 g/mol. The number of hydrogen-bond donors (Lipinski definition) is 2. The molecule has 2 unspecified atom stereocenters. The van der Waals surface area contributed by atoms with Crippen molar-refractivity contribution in [3.05, 3.63) is 21.4 Å². The molecule has 1 fully saturated rings. The molecule has 1 aromatic rings. The molecule has 98 valence electrons. The van der Waals surface area contributed by atoms with Crippen molar-refractivity contribution >= 4 is 34.5 Å². The Labute approximate surface area is 117 Å². The molecule has 0 aliphatic heterocycles. The highest BCUT2D eigenvalue weighted by molar-refractivity contribution is 7.80. The van der Waals surface area contributed by atoms with E-state index in [9.17, 15) is 4.79 Å². The lowest BCUT2D eigenvalue weighted by Gasteiger charge is -2.19. The van der Waals surface area contributed by atoms with Crippen molar-refractivity contribution in [3.63, 3.8) is 0 Å². The summed E-state index contributed by atoms with van der Waals surface area (Å²) < 4.78 is 0. The van der Waals surface area contributed by atoms with Gasteiger partial charge in [-0.1, -0.05) is 18.6 Å². The summed E-state index contributed by atoms with van der Waals surface area (Å²) in [4.78, 5) is 14.6. The molecule has 1 saturated carbocycles. The molecule has 2 atom stereocenters. The fourth-order valence-corrected chi connectivity index (χ4v) is 3.62. The van der Waals surface area contributed by atoms with Crippen LogP contribution in [0.1, 0.15) is 39.4 Å². The number of hydrogen-bond acceptors (Lipinski definition) is 3. The first kappa shape index (κ1) is 13.5. The molecular formula is C13H18N2OS2. The first-order chi connectivity index (χ1) is 8.49. The summed E-state index contributed by atoms with van der Waals surface area (Å²) in [5.41, 5.74) is 6.88. The second-order valence-electron chi connectivity index (χ2n) is 4.87. The average Bonchev–Trinajstić information content (AvgIpc) is 2.87. The summed E-state index contributed by atoms with van der Waals surface area (Å²) in [5, 5.41) is 3.07. The molecule has 3 nitrogen and oxygen atoms in total. The Morgan fingerprint density at radius 1 is 1.50 bits per heavy atom. The third-order valence-electron chi connectivity index (χ3n) is 3.59. The molecule has 3 N–H and O–H groups in total. The zero-order valence-corrected chi connectivity index (χ0v) is 12.3. The SMILES string of the molecule is Cc1cc(C(=O)NC2CCCC2C(N)=S)sc1C. The van der Waals surface area contributed by atoms with E-state index in [1.165, 1.54) is 21.8 Å². The van der Waals surface area contributed by atoms with E-state index in [4.69, 9.17) is 18.0 Å². The van der Waals surface area contributed by atoms with Gasteiger partial charge in [0.15, 0.2) is 0 Å². The van der Waals surface area contributed by atoms with Crippen LogP contribution in [0.5, 0.6) is 0 Å². The van der Waals surface area contributed by atoms with Gasteiger partial charge in [-0.3, -0.25) is 4.79 Å². The molecule has 18 heavy (non-hydrogen) atoms. The number of thiocarbonyl (C=S) groups is 1. The number of carbonyl (C=O) groups is 1. The van der Waals surface area contributed by atoms with Crippen LogP contribution in [0.15, 0.2) is 6.07 Å². The largest absolute Gasteiger partial charge is 0.393 e. The minimum absolute atomic E-state index is 0.00403. The first-order valence-electron chi connectivity index (χ1n) is 6.16. The van der Waals surface area contributed by atoms with Gasteiger partial charge in [0.25, 0.3) is 5.91 Å². The van der Waals surface area contributed by atoms with Crippen molar-refractivity contribution in [2.24, 2.45) is 11.7 Å². The van der Waals surface area contributed by atoms with E-state index in [-0.39, 0.29) is 17.9 Å². The lowest BCUT2D eigenvalue weighted by molar-refractivity contribution is 0.0938. The number of nitrogens with one attached hydrogen (secondary N) is 1. The molecule has 0 spiro atoms. The van der Waals surface area contributed by atoms with E-state index in [0.717, 1.165) is 24.1 Å². The molecule has 2 rings (SSSR count). The molecule has 0 bridgehead atoms. The van der Waals surface area contributed by atoms with Crippen LogP contribution in [0.3, 0.4) is 0 Å². The number of nitrogens with two attached hydrogens (primary N) is 1. The van der Waals surface area contributed by atoms with Gasteiger partial charge in [-0.05, 0) is 38.3 Å². The highest BCUT2D eigenvalue weighted by Crippen LogP contribution is 2.27. The van der Waals surface area contributed by atoms with Gasteiger partial charge in [-0.25, -0.2) is 0 Å². The fraction of sp³-hybridized carbons (Fsp3) is 0.538. The first-order valence-corrected chi connectivity index (χ1v) is 7.38. The molecule has 0 aromatic carbocycles. The van der Waals surface area contributed by atoms with Crippen LogP contribution in [-0.2, 0) is 0 Å². The zero-order chi connectivity index (χ0) is 13.3. The van der Waals surface area contributed by atoms with E-state index in [1.54, 1.807) is 0 Å². The number of carbonyl (C=O) groups excluding carboxylic acids is 1. The normalized spacial score (nSPS) is 23.0. The fourth-order valence-electron chi connectivity index (χ4n) is 2.40. The maximum atomic E-state index is 12.1. The van der Waals surface area contributed by atoms with Gasteiger partial charge < -0.3 is 11.1 Å². The Kier molecular flexibility index (Phi) is 4.02. The van der Waals surface area contributed by atoms with Crippen molar-refractivity contribution in [1.29, 1.82) is 0 Å². The lowest BCUT2D eigenvalue weighted by atomic mass is 10.0. The Hall–Kier alpha value is -0.940. The molecule has 0 radical (unpaired) electrons. The monoisotopic (exact) mass is 282 g/mol. The van der Waals surface area contributed by atoms with E-state index >= 15 is 0 Å². The molecule has 1 amide bonds. The Morgan fingerprint density at radius 2 is 2.22 bits per heavy atom. The van der Waals surface area contributed by atoms with Gasteiger partial charge in [0.05, 0.1) is 9.87 Å². The maximum Gasteiger partial charge on any atom is 0.261 e. The predicted octanol–water partition coefficient (Wildman–Crippen LogP) is 2.55. The Morgan fingerprint density at radius 3 is 2.78 bits per heavy atom. The second-order valence-corrected chi connectivity index (χ2v) is 6.60. The molecule has 1 aliphatic carbocycles. The summed E-state index contributed by atoms with van der Waals surface area (Å²) in [7, 11) is 0. The van der Waals surface area contributed by atoms with Crippen LogP contribution in [-0.4, -0.2) is 16.9 Å². The van der Waals surface area contributed by atoms with Crippen molar-refractivity contribution < 1.29 is 4.79 Å². The molecule has 0 saturated heterocycles. The number of aryl methyl sites for hydroxylation is 2. The van der Waals surface area contributed by atoms with Gasteiger partial charge in [0.2, 0.25) is 0 Å². The quantitative estimate of drug-likeness (QED) is 0.838. The Bertz CT molecular complexity index is 462. The van der Waals surface area contributed by atoms with Crippen molar-refractivity contribution in [3.8, 4) is 0 Å². The van der Waals surface area contributed by atoms with E-state index in [1.807, 2.05) is 19.9 Å². The van der Waals surface area contributed by atoms with Crippen molar-refractivity contribution in [2.75, 3.05) is 0 Å². The summed E-state index contributed by atoms with van der Waals surface area (Å²) >= 11 is 6.60. The van der Waals surface area contributed by atoms with Crippen LogP contribution in [0.2, 0.25) is 0 Å². The summed E-state index contributed by atoms with van der Waals surface area (Å²) in [6.07, 6.45) is 3.04. The van der Waals surface area contributed by atoms with Crippen molar-refractivity contribution in [1.82, 2.24) is 5.32 Å². The number of rotatable bonds is 3. The number of amides is 1. The van der Waals surface area contributed by atoms with Gasteiger partial charge in [0.1, 0.15) is 0 Å². The van der Waals surface area contributed by atoms with Gasteiger partial charge in [-0.15, -0.1) is 11.3 Å². The van der Waals surface area contributed by atoms with Crippen LogP contribution >= 0.6 is 23.6 Å². The van der Waals surface area contributed by atoms with Crippen LogP contribution < -0.4 is 11.1 Å². The topological polar surface area (TPSA) is 55.1 Å². The van der Waals surface area contributed by atoms with Gasteiger partial charge in [-0.2, -0.15) is 0 Å². The average molecular weight is 282 g/mol. The maximum absolute atomic E-state index is 12.1. The van der Waals surface area contributed by atoms with E-state index < -0.39 is 0 Å². The zero-order valence-electron chi connectivity index (χ0n) is 10.7. The third kappa shape index (κ3) is 2.72. The molecule has 5 heteroatoms. The smallest absolute Gasteiger partial charge is 0.261 e. The molecule has 1 heterocycles. The van der Waals surface area contributed by atoms with Gasteiger partial charge in [0, 0.05) is 16.8 Å². The highest BCUT2D eigenvalue weighted by atomic mass is 32.1. The second kappa shape index (κ2) is 5.36.